The Morgan fingerprint density at radius 3 is 1.69 bits per heavy atom. The van der Waals surface area contributed by atoms with Crippen LogP contribution < -0.4 is 0 Å². The first-order valence-electron chi connectivity index (χ1n) is 13.6. The van der Waals surface area contributed by atoms with E-state index >= 15 is 0 Å². The van der Waals surface area contributed by atoms with E-state index < -0.39 is 0 Å². The van der Waals surface area contributed by atoms with Crippen molar-refractivity contribution in [1.29, 1.82) is 0 Å². The van der Waals surface area contributed by atoms with Crippen molar-refractivity contribution in [2.45, 2.75) is 118 Å². The molecule has 0 N–H and O–H groups in total. The molecule has 0 saturated heterocycles. The van der Waals surface area contributed by atoms with Gasteiger partial charge in [0.25, 0.3) is 0 Å². The largest absolute Gasteiger partial charge is 0.556 e. The maximum atomic E-state index is 6.89. The zero-order chi connectivity index (χ0) is 24.1. The molecule has 0 bridgehead atoms. The fourth-order valence-corrected chi connectivity index (χ4v) is 7.97. The molecule has 2 fully saturated rings. The van der Waals surface area contributed by atoms with Crippen LogP contribution in [0.2, 0.25) is 12.6 Å². The van der Waals surface area contributed by atoms with Crippen LogP contribution in [0.1, 0.15) is 101 Å². The zero-order valence-electron chi connectivity index (χ0n) is 22.6. The van der Waals surface area contributed by atoms with E-state index in [1.54, 1.807) is 0 Å². The molecule has 2 rings (SSSR count). The quantitative estimate of drug-likeness (QED) is 0.218. The molecule has 0 radical (unpaired) electrons. The van der Waals surface area contributed by atoms with E-state index in [9.17, 15) is 0 Å². The summed E-state index contributed by atoms with van der Waals surface area (Å²) in [5.74, 6) is 6.61. The van der Waals surface area contributed by atoms with Crippen LogP contribution in [-0.2, 0) is 4.65 Å². The molecule has 0 aliphatic heterocycles. The molecule has 0 aromatic rings. The summed E-state index contributed by atoms with van der Waals surface area (Å²) in [6.45, 7) is 21.9. The van der Waals surface area contributed by atoms with E-state index in [1.807, 2.05) is 16.7 Å². The second-order valence-electron chi connectivity index (χ2n) is 13.0. The Balaban J connectivity index is 2.23. The van der Waals surface area contributed by atoms with E-state index in [4.69, 9.17) is 4.65 Å². The molecule has 0 spiro atoms. The first-order valence-corrected chi connectivity index (χ1v) is 15.3. The predicted octanol–water partition coefficient (Wildman–Crippen LogP) is 10.1. The second kappa shape index (κ2) is 12.9. The fraction of sp³-hybridized carbons (Fsp3) is 0.929. The first kappa shape index (κ1) is 28.7. The lowest BCUT2D eigenvalue weighted by Crippen LogP contribution is -2.36. The maximum Gasteiger partial charge on any atom is 0.359 e. The highest BCUT2D eigenvalue weighted by Gasteiger charge is 2.39. The normalized spacial score (nSPS) is 32.4. The first-order chi connectivity index (χ1) is 14.9. The van der Waals surface area contributed by atoms with E-state index in [-0.39, 0.29) is 4.75 Å². The molecule has 0 amide bonds. The summed E-state index contributed by atoms with van der Waals surface area (Å²) >= 11 is 5.49. The lowest BCUT2D eigenvalue weighted by atomic mass is 9.49. The van der Waals surface area contributed by atoms with Gasteiger partial charge in [-0.3, -0.25) is 0 Å². The molecule has 2 aliphatic rings. The van der Waals surface area contributed by atoms with Crippen molar-refractivity contribution in [2.75, 3.05) is 0 Å². The van der Waals surface area contributed by atoms with Crippen molar-refractivity contribution in [3.05, 3.63) is 10.1 Å². The van der Waals surface area contributed by atoms with Gasteiger partial charge in [0.05, 0.1) is 0 Å². The van der Waals surface area contributed by atoms with Crippen LogP contribution in [0, 0.1) is 47.3 Å². The average molecular weight is 528 g/mol. The number of hydrogen-bond acceptors (Lipinski definition) is 2. The molecule has 0 heterocycles. The van der Waals surface area contributed by atoms with Crippen LogP contribution in [0.25, 0.3) is 0 Å². The lowest BCUT2D eigenvalue weighted by molar-refractivity contribution is 0.146. The van der Waals surface area contributed by atoms with Gasteiger partial charge in [-0.25, -0.2) is 0 Å². The van der Waals surface area contributed by atoms with Crippen molar-refractivity contribution in [2.24, 2.45) is 47.3 Å². The Bertz CT molecular complexity index is 550. The van der Waals surface area contributed by atoms with E-state index in [1.165, 1.54) is 51.2 Å². The van der Waals surface area contributed by atoms with Gasteiger partial charge in [-0.1, -0.05) is 103 Å². The smallest absolute Gasteiger partial charge is 0.359 e. The minimum atomic E-state index is 0.157. The van der Waals surface area contributed by atoms with Gasteiger partial charge < -0.3 is 4.65 Å². The third-order valence-corrected chi connectivity index (χ3v) is 9.98. The molecule has 0 unspecified atom stereocenters. The number of halogens is 1. The Labute approximate surface area is 214 Å². The summed E-state index contributed by atoms with van der Waals surface area (Å²) in [5.41, 5.74) is 0. The van der Waals surface area contributed by atoms with Crippen LogP contribution in [0.4, 0.5) is 0 Å². The van der Waals surface area contributed by atoms with Gasteiger partial charge in [-0.05, 0) is 85.7 Å². The highest BCUT2D eigenvalue weighted by Crippen LogP contribution is 2.45. The van der Waals surface area contributed by atoms with E-state index in [0.717, 1.165) is 52.4 Å². The van der Waals surface area contributed by atoms with Gasteiger partial charge in [0.15, 0.2) is 0 Å². The van der Waals surface area contributed by atoms with Crippen LogP contribution in [0.3, 0.4) is 0 Å². The van der Waals surface area contributed by atoms with Crippen molar-refractivity contribution in [1.82, 2.24) is 0 Å². The number of hydrogen-bond donors (Lipinski definition) is 0. The maximum absolute atomic E-state index is 6.89. The highest BCUT2D eigenvalue weighted by molar-refractivity contribution is 9.11. The second-order valence-corrected chi connectivity index (χ2v) is 15.3. The van der Waals surface area contributed by atoms with Crippen LogP contribution in [0.5, 0.6) is 0 Å². The summed E-state index contributed by atoms with van der Waals surface area (Å²) in [7, 11) is 0. The summed E-state index contributed by atoms with van der Waals surface area (Å²) < 4.78 is 7.04. The number of thioether (sulfide) groups is 1. The molecule has 2 saturated carbocycles. The monoisotopic (exact) mass is 526 g/mol. The molecule has 32 heavy (non-hydrogen) atoms. The van der Waals surface area contributed by atoms with E-state index in [0.29, 0.717) is 6.92 Å². The molecule has 186 valence electrons. The van der Waals surface area contributed by atoms with Crippen molar-refractivity contribution in [3.63, 3.8) is 0 Å². The molecule has 0 aromatic heterocycles. The fourth-order valence-electron chi connectivity index (χ4n) is 6.75. The minimum absolute atomic E-state index is 0.157. The Morgan fingerprint density at radius 2 is 1.34 bits per heavy atom. The number of rotatable bonds is 9. The predicted molar refractivity (Wildman–Crippen MR) is 150 cm³/mol. The Hall–Kier alpha value is 0.435. The molecule has 0 aromatic carbocycles. The van der Waals surface area contributed by atoms with Crippen molar-refractivity contribution >= 4 is 34.6 Å². The molecule has 4 heteroatoms. The highest BCUT2D eigenvalue weighted by atomic mass is 79.9. The zero-order valence-corrected chi connectivity index (χ0v) is 25.0. The molecular weight excluding hydrogens is 475 g/mol. The Kier molecular flexibility index (Phi) is 11.6. The molecule has 2 aliphatic carbocycles. The van der Waals surface area contributed by atoms with Crippen molar-refractivity contribution < 1.29 is 4.65 Å². The molecule has 1 nitrogen and oxygen atoms in total. The SMILES string of the molecule is CC(C)[C@H]1CC[C@H](C)C[C@H]1CB(C[C@@H]1C[C@@H](C)CC[C@@H]1C(C)C)O/C(=C\Br)SC(C)(C)C. The lowest BCUT2D eigenvalue weighted by Gasteiger charge is -2.41. The summed E-state index contributed by atoms with van der Waals surface area (Å²) in [5, 5.41) is 1.07. The average Bonchev–Trinajstić information content (AvgIpc) is 2.65. The van der Waals surface area contributed by atoms with Crippen LogP contribution in [0.15, 0.2) is 10.1 Å². The summed E-state index contributed by atoms with van der Waals surface area (Å²) in [6.07, 6.45) is 10.9. The summed E-state index contributed by atoms with van der Waals surface area (Å²) in [4.78, 5) is 2.03. The van der Waals surface area contributed by atoms with Crippen molar-refractivity contribution in [3.8, 4) is 0 Å². The van der Waals surface area contributed by atoms with E-state index in [2.05, 4.69) is 78.2 Å². The van der Waals surface area contributed by atoms with Gasteiger partial charge in [0.2, 0.25) is 0 Å². The third kappa shape index (κ3) is 9.24. The molecule has 6 atom stereocenters. The molecular formula is C28H52BBrOS. The van der Waals surface area contributed by atoms with Gasteiger partial charge in [0.1, 0.15) is 5.09 Å². The Morgan fingerprint density at radius 1 is 0.906 bits per heavy atom. The minimum Gasteiger partial charge on any atom is -0.556 e. The van der Waals surface area contributed by atoms with Gasteiger partial charge >= 0.3 is 6.92 Å². The topological polar surface area (TPSA) is 9.23 Å². The summed E-state index contributed by atoms with van der Waals surface area (Å²) in [6, 6.07) is 0. The van der Waals surface area contributed by atoms with Gasteiger partial charge in [-0.15, -0.1) is 0 Å². The van der Waals surface area contributed by atoms with Gasteiger partial charge in [0, 0.05) is 9.73 Å². The third-order valence-electron chi connectivity index (χ3n) is 8.23. The van der Waals surface area contributed by atoms with Crippen LogP contribution in [-0.4, -0.2) is 11.7 Å². The van der Waals surface area contributed by atoms with Crippen LogP contribution >= 0.6 is 27.7 Å². The standard InChI is InChI=1S/C28H52BBrOS/c1-19(2)25-12-10-21(5)14-23(25)16-29(31-27(18-30)32-28(7,8)9)17-24-15-22(6)11-13-26(24)20(3)4/h18-26H,10-17H2,1-9H3/b27-18+/t21-,22-,23-,24-,25+,26+/m0/s1. The van der Waals surface area contributed by atoms with Gasteiger partial charge in [-0.2, -0.15) is 0 Å².